The van der Waals surface area contributed by atoms with Crippen molar-refractivity contribution in [1.82, 2.24) is 9.97 Å². The smallest absolute Gasteiger partial charge is 0.125 e. The molecule has 0 unspecified atom stereocenters. The van der Waals surface area contributed by atoms with Crippen LogP contribution in [0.25, 0.3) is 0 Å². The van der Waals surface area contributed by atoms with Crippen LogP contribution < -0.4 is 10.1 Å². The molecule has 0 bridgehead atoms. The van der Waals surface area contributed by atoms with Gasteiger partial charge in [-0.3, -0.25) is 0 Å². The number of imidazole rings is 1. The third-order valence-electron chi connectivity index (χ3n) is 2.22. The van der Waals surface area contributed by atoms with Gasteiger partial charge < -0.3 is 15.0 Å². The van der Waals surface area contributed by atoms with Gasteiger partial charge in [0.2, 0.25) is 0 Å². The maximum atomic E-state index is 5.63. The Morgan fingerprint density at radius 2 is 2.29 bits per heavy atom. The van der Waals surface area contributed by atoms with E-state index in [9.17, 15) is 0 Å². The van der Waals surface area contributed by atoms with Gasteiger partial charge >= 0.3 is 0 Å². The van der Waals surface area contributed by atoms with Crippen LogP contribution in [0, 0.1) is 0 Å². The Hall–Kier alpha value is -1.97. The molecule has 4 nitrogen and oxygen atoms in total. The van der Waals surface area contributed by atoms with Crippen molar-refractivity contribution in [2.75, 3.05) is 5.32 Å². The predicted molar refractivity (Wildman–Crippen MR) is 68.1 cm³/mol. The van der Waals surface area contributed by atoms with E-state index in [4.69, 9.17) is 4.74 Å². The topological polar surface area (TPSA) is 49.9 Å². The van der Waals surface area contributed by atoms with Crippen LogP contribution in [-0.4, -0.2) is 16.1 Å². The highest BCUT2D eigenvalue weighted by atomic mass is 16.5. The van der Waals surface area contributed by atoms with Gasteiger partial charge in [-0.1, -0.05) is 6.07 Å². The second kappa shape index (κ2) is 5.39. The van der Waals surface area contributed by atoms with E-state index >= 15 is 0 Å². The number of anilines is 1. The Balaban J connectivity index is 1.96. The number of nitrogens with one attached hydrogen (secondary N) is 2. The Morgan fingerprint density at radius 1 is 1.41 bits per heavy atom. The zero-order valence-corrected chi connectivity index (χ0v) is 10.1. The molecule has 0 saturated carbocycles. The number of nitrogens with zero attached hydrogens (tertiary/aromatic N) is 1. The quantitative estimate of drug-likeness (QED) is 0.832. The standard InChI is InChI=1S/C13H17N3O/c1-10(2)17-12-5-3-4-11(8-12)16-9-13-14-6-7-15-13/h3-8,10,16H,9H2,1-2H3,(H,14,15). The van der Waals surface area contributed by atoms with Gasteiger partial charge in [0.25, 0.3) is 0 Å². The Bertz CT molecular complexity index is 451. The van der Waals surface area contributed by atoms with Crippen LogP contribution in [0.4, 0.5) is 5.69 Å². The minimum Gasteiger partial charge on any atom is -0.491 e. The monoisotopic (exact) mass is 231 g/mol. The van der Waals surface area contributed by atoms with Gasteiger partial charge in [-0.05, 0) is 26.0 Å². The molecule has 1 heterocycles. The number of ether oxygens (including phenoxy) is 1. The van der Waals surface area contributed by atoms with Crippen LogP contribution in [-0.2, 0) is 6.54 Å². The number of H-pyrrole nitrogens is 1. The predicted octanol–water partition coefficient (Wildman–Crippen LogP) is 2.81. The van der Waals surface area contributed by atoms with Crippen molar-refractivity contribution in [1.29, 1.82) is 0 Å². The third kappa shape index (κ3) is 3.52. The average Bonchev–Trinajstić information content (AvgIpc) is 2.79. The molecule has 0 atom stereocenters. The molecule has 0 radical (unpaired) electrons. The lowest BCUT2D eigenvalue weighted by atomic mass is 10.3. The lowest BCUT2D eigenvalue weighted by Gasteiger charge is -2.11. The van der Waals surface area contributed by atoms with Gasteiger partial charge in [-0.2, -0.15) is 0 Å². The molecule has 0 amide bonds. The fraction of sp³-hybridized carbons (Fsp3) is 0.308. The van der Waals surface area contributed by atoms with Gasteiger partial charge in [-0.25, -0.2) is 4.98 Å². The molecule has 1 aromatic carbocycles. The SMILES string of the molecule is CC(C)Oc1cccc(NCc2ncc[nH]2)c1. The van der Waals surface area contributed by atoms with E-state index in [0.717, 1.165) is 17.3 Å². The van der Waals surface area contributed by atoms with E-state index in [1.54, 1.807) is 6.20 Å². The maximum Gasteiger partial charge on any atom is 0.125 e. The van der Waals surface area contributed by atoms with Crippen molar-refractivity contribution < 1.29 is 4.74 Å². The molecular formula is C13H17N3O. The molecule has 2 aromatic rings. The number of rotatable bonds is 5. The van der Waals surface area contributed by atoms with Crippen LogP contribution in [0.5, 0.6) is 5.75 Å². The summed E-state index contributed by atoms with van der Waals surface area (Å²) in [6, 6.07) is 7.93. The summed E-state index contributed by atoms with van der Waals surface area (Å²) < 4.78 is 5.63. The van der Waals surface area contributed by atoms with Gasteiger partial charge in [0.1, 0.15) is 11.6 Å². The number of benzene rings is 1. The van der Waals surface area contributed by atoms with Crippen molar-refractivity contribution in [3.05, 3.63) is 42.5 Å². The van der Waals surface area contributed by atoms with Crippen LogP contribution in [0.1, 0.15) is 19.7 Å². The summed E-state index contributed by atoms with van der Waals surface area (Å²) in [5.41, 5.74) is 1.03. The summed E-state index contributed by atoms with van der Waals surface area (Å²) in [4.78, 5) is 7.20. The van der Waals surface area contributed by atoms with Crippen molar-refractivity contribution >= 4 is 5.69 Å². The zero-order chi connectivity index (χ0) is 12.1. The van der Waals surface area contributed by atoms with Crippen molar-refractivity contribution in [3.8, 4) is 5.75 Å². The molecule has 1 aromatic heterocycles. The summed E-state index contributed by atoms with van der Waals surface area (Å²) in [6.45, 7) is 4.71. The van der Waals surface area contributed by atoms with Crippen molar-refractivity contribution in [2.45, 2.75) is 26.5 Å². The first-order valence-corrected chi connectivity index (χ1v) is 5.73. The number of aromatic nitrogens is 2. The van der Waals surface area contributed by atoms with Gasteiger partial charge in [0.05, 0.1) is 12.6 Å². The summed E-state index contributed by atoms with van der Waals surface area (Å²) in [5, 5.41) is 3.29. The minimum atomic E-state index is 0.190. The molecule has 0 aliphatic rings. The first-order chi connectivity index (χ1) is 8.24. The molecule has 0 aliphatic heterocycles. The lowest BCUT2D eigenvalue weighted by Crippen LogP contribution is -2.06. The normalized spacial score (nSPS) is 10.5. The molecule has 4 heteroatoms. The van der Waals surface area contributed by atoms with Gasteiger partial charge in [0.15, 0.2) is 0 Å². The van der Waals surface area contributed by atoms with Crippen molar-refractivity contribution in [3.63, 3.8) is 0 Å². The lowest BCUT2D eigenvalue weighted by molar-refractivity contribution is 0.242. The zero-order valence-electron chi connectivity index (χ0n) is 10.1. The third-order valence-corrected chi connectivity index (χ3v) is 2.22. The number of hydrogen-bond donors (Lipinski definition) is 2. The van der Waals surface area contributed by atoms with Crippen molar-refractivity contribution in [2.24, 2.45) is 0 Å². The van der Waals surface area contributed by atoms with Crippen LogP contribution in [0.15, 0.2) is 36.7 Å². The summed E-state index contributed by atoms with van der Waals surface area (Å²) in [5.74, 6) is 1.80. The highest BCUT2D eigenvalue weighted by molar-refractivity contribution is 5.48. The minimum absolute atomic E-state index is 0.190. The molecule has 2 rings (SSSR count). The fourth-order valence-electron chi connectivity index (χ4n) is 1.53. The van der Waals surface area contributed by atoms with Crippen LogP contribution in [0.2, 0.25) is 0 Å². The first-order valence-electron chi connectivity index (χ1n) is 5.73. The second-order valence-corrected chi connectivity index (χ2v) is 4.08. The summed E-state index contributed by atoms with van der Waals surface area (Å²) in [7, 11) is 0. The largest absolute Gasteiger partial charge is 0.491 e. The fourth-order valence-corrected chi connectivity index (χ4v) is 1.53. The molecule has 0 fully saturated rings. The average molecular weight is 231 g/mol. The van der Waals surface area contributed by atoms with Gasteiger partial charge in [-0.15, -0.1) is 0 Å². The van der Waals surface area contributed by atoms with E-state index in [1.807, 2.05) is 44.3 Å². The van der Waals surface area contributed by atoms with E-state index in [-0.39, 0.29) is 6.10 Å². The second-order valence-electron chi connectivity index (χ2n) is 4.08. The van der Waals surface area contributed by atoms with E-state index < -0.39 is 0 Å². The molecule has 0 spiro atoms. The Morgan fingerprint density at radius 3 is 3.00 bits per heavy atom. The number of aromatic amines is 1. The molecule has 17 heavy (non-hydrogen) atoms. The van der Waals surface area contributed by atoms with E-state index in [0.29, 0.717) is 6.54 Å². The molecular weight excluding hydrogens is 214 g/mol. The van der Waals surface area contributed by atoms with E-state index in [1.165, 1.54) is 0 Å². The molecule has 2 N–H and O–H groups in total. The number of hydrogen-bond acceptors (Lipinski definition) is 3. The molecule has 0 saturated heterocycles. The van der Waals surface area contributed by atoms with Gasteiger partial charge in [0, 0.05) is 24.1 Å². The highest BCUT2D eigenvalue weighted by Crippen LogP contribution is 2.18. The van der Waals surface area contributed by atoms with Crippen LogP contribution in [0.3, 0.4) is 0 Å². The van der Waals surface area contributed by atoms with Crippen LogP contribution >= 0.6 is 0 Å². The summed E-state index contributed by atoms with van der Waals surface area (Å²) in [6.07, 6.45) is 3.75. The highest BCUT2D eigenvalue weighted by Gasteiger charge is 2.00. The molecule has 0 aliphatic carbocycles. The Kier molecular flexibility index (Phi) is 3.65. The molecule has 90 valence electrons. The van der Waals surface area contributed by atoms with E-state index in [2.05, 4.69) is 15.3 Å². The summed E-state index contributed by atoms with van der Waals surface area (Å²) >= 11 is 0. The Labute approximate surface area is 101 Å². The first kappa shape index (κ1) is 11.5. The maximum absolute atomic E-state index is 5.63.